The summed E-state index contributed by atoms with van der Waals surface area (Å²) >= 11 is 0. The third-order valence-corrected chi connectivity index (χ3v) is 2.73. The Bertz CT molecular complexity index is 407. The van der Waals surface area contributed by atoms with Crippen molar-refractivity contribution in [3.05, 3.63) is 29.8 Å². The molecule has 1 amide bonds. The van der Waals surface area contributed by atoms with Crippen LogP contribution in [0.3, 0.4) is 0 Å². The molecule has 0 aliphatic carbocycles. The summed E-state index contributed by atoms with van der Waals surface area (Å²) in [4.78, 5) is 14.0. The molecule has 1 aromatic rings. The maximum atomic E-state index is 12.0. The van der Waals surface area contributed by atoms with Gasteiger partial charge in [0, 0.05) is 25.9 Å². The van der Waals surface area contributed by atoms with Crippen LogP contribution in [0.4, 0.5) is 5.69 Å². The molecule has 5 heteroatoms. The Morgan fingerprint density at radius 3 is 2.74 bits per heavy atom. The Labute approximate surface area is 114 Å². The Morgan fingerprint density at radius 2 is 2.11 bits per heavy atom. The van der Waals surface area contributed by atoms with Gasteiger partial charge in [0.25, 0.3) is 0 Å². The minimum Gasteiger partial charge on any atom is -0.385 e. The largest absolute Gasteiger partial charge is 0.385 e. The molecule has 0 aliphatic heterocycles. The molecule has 0 radical (unpaired) electrons. The number of nitrogens with two attached hydrogens (primary N) is 1. The Hall–Kier alpha value is -1.43. The number of nitrogens with one attached hydrogen (secondary N) is 1. The van der Waals surface area contributed by atoms with E-state index in [1.165, 1.54) is 0 Å². The first kappa shape index (κ1) is 15.6. The molecule has 0 saturated heterocycles. The van der Waals surface area contributed by atoms with E-state index in [0.717, 1.165) is 17.8 Å². The zero-order chi connectivity index (χ0) is 14.3. The van der Waals surface area contributed by atoms with E-state index in [-0.39, 0.29) is 5.91 Å². The average molecular weight is 265 g/mol. The number of hydrogen-bond donors (Lipinski definition) is 2. The van der Waals surface area contributed by atoms with Crippen molar-refractivity contribution < 1.29 is 9.53 Å². The number of para-hydroxylation sites is 1. The zero-order valence-corrected chi connectivity index (χ0v) is 11.8. The normalized spacial score (nSPS) is 12.5. The number of rotatable bonds is 7. The van der Waals surface area contributed by atoms with Crippen LogP contribution in [0.1, 0.15) is 12.0 Å². The number of ether oxygens (including phenoxy) is 1. The molecule has 0 spiro atoms. The van der Waals surface area contributed by atoms with Gasteiger partial charge in [0.1, 0.15) is 0 Å². The second-order valence-corrected chi connectivity index (χ2v) is 4.77. The molecule has 1 atom stereocenters. The van der Waals surface area contributed by atoms with Crippen LogP contribution < -0.4 is 11.1 Å². The summed E-state index contributed by atoms with van der Waals surface area (Å²) in [6.45, 7) is 1.25. The van der Waals surface area contributed by atoms with Crippen LogP contribution in [0.15, 0.2) is 24.3 Å². The molecule has 0 fully saturated rings. The third kappa shape index (κ3) is 5.38. The molecule has 19 heavy (non-hydrogen) atoms. The van der Waals surface area contributed by atoms with Crippen molar-refractivity contribution in [2.75, 3.05) is 33.1 Å². The summed E-state index contributed by atoms with van der Waals surface area (Å²) in [6, 6.07) is 7.19. The number of hydrogen-bond acceptors (Lipinski definition) is 4. The van der Waals surface area contributed by atoms with E-state index in [4.69, 9.17) is 10.5 Å². The molecule has 0 heterocycles. The van der Waals surface area contributed by atoms with Gasteiger partial charge in [0.15, 0.2) is 0 Å². The molecule has 1 unspecified atom stereocenters. The van der Waals surface area contributed by atoms with E-state index >= 15 is 0 Å². The Kier molecular flexibility index (Phi) is 6.49. The van der Waals surface area contributed by atoms with Gasteiger partial charge >= 0.3 is 0 Å². The van der Waals surface area contributed by atoms with Gasteiger partial charge in [-0.05, 0) is 32.1 Å². The fourth-order valence-electron chi connectivity index (χ4n) is 1.72. The van der Waals surface area contributed by atoms with Crippen molar-refractivity contribution in [2.45, 2.75) is 19.0 Å². The van der Waals surface area contributed by atoms with Crippen LogP contribution >= 0.6 is 0 Å². The number of nitrogens with zero attached hydrogens (tertiary/aromatic N) is 1. The molecule has 0 aromatic heterocycles. The number of benzene rings is 1. The van der Waals surface area contributed by atoms with Gasteiger partial charge in [-0.25, -0.2) is 0 Å². The first-order valence-corrected chi connectivity index (χ1v) is 6.32. The van der Waals surface area contributed by atoms with E-state index in [1.807, 2.05) is 38.4 Å². The van der Waals surface area contributed by atoms with Gasteiger partial charge in [-0.15, -0.1) is 0 Å². The minimum atomic E-state index is -0.549. The van der Waals surface area contributed by atoms with Crippen molar-refractivity contribution in [1.29, 1.82) is 0 Å². The van der Waals surface area contributed by atoms with E-state index in [0.29, 0.717) is 13.0 Å². The van der Waals surface area contributed by atoms with Gasteiger partial charge in [0.2, 0.25) is 5.91 Å². The summed E-state index contributed by atoms with van der Waals surface area (Å²) in [5.74, 6) is -0.178. The highest BCUT2D eigenvalue weighted by atomic mass is 16.5. The van der Waals surface area contributed by atoms with Gasteiger partial charge in [-0.3, -0.25) is 4.79 Å². The molecule has 106 valence electrons. The van der Waals surface area contributed by atoms with Crippen molar-refractivity contribution in [3.8, 4) is 0 Å². The lowest BCUT2D eigenvalue weighted by molar-refractivity contribution is -0.117. The monoisotopic (exact) mass is 265 g/mol. The maximum Gasteiger partial charge on any atom is 0.241 e. The summed E-state index contributed by atoms with van der Waals surface area (Å²) in [7, 11) is 5.57. The van der Waals surface area contributed by atoms with E-state index in [9.17, 15) is 4.79 Å². The zero-order valence-electron chi connectivity index (χ0n) is 11.8. The summed E-state index contributed by atoms with van der Waals surface area (Å²) in [5.41, 5.74) is 7.68. The summed E-state index contributed by atoms with van der Waals surface area (Å²) in [6.07, 6.45) is 0.512. The minimum absolute atomic E-state index is 0.178. The second-order valence-electron chi connectivity index (χ2n) is 4.77. The number of carbonyl (C=O) groups is 1. The molecule has 0 saturated carbocycles. The highest BCUT2D eigenvalue weighted by Crippen LogP contribution is 2.16. The highest BCUT2D eigenvalue weighted by molar-refractivity contribution is 5.95. The van der Waals surface area contributed by atoms with Gasteiger partial charge < -0.3 is 20.7 Å². The average Bonchev–Trinajstić information content (AvgIpc) is 2.37. The number of carbonyl (C=O) groups excluding carboxylic acids is 1. The van der Waals surface area contributed by atoms with Gasteiger partial charge in [0.05, 0.1) is 6.04 Å². The maximum absolute atomic E-state index is 12.0. The quantitative estimate of drug-likeness (QED) is 0.773. The first-order valence-electron chi connectivity index (χ1n) is 6.32. The summed E-state index contributed by atoms with van der Waals surface area (Å²) in [5, 5.41) is 2.88. The molecule has 1 rings (SSSR count). The first-order chi connectivity index (χ1) is 9.04. The highest BCUT2D eigenvalue weighted by Gasteiger charge is 2.14. The topological polar surface area (TPSA) is 67.6 Å². The number of methoxy groups -OCH3 is 1. The standard InChI is InChI=1S/C14H23N3O2/c1-17(2)10-11-6-4-5-7-13(11)16-14(18)12(15)8-9-19-3/h4-7,12H,8-10,15H2,1-3H3,(H,16,18). The van der Waals surface area contributed by atoms with Crippen LogP contribution in [0.25, 0.3) is 0 Å². The molecular weight excluding hydrogens is 242 g/mol. The Morgan fingerprint density at radius 1 is 1.42 bits per heavy atom. The molecule has 1 aromatic carbocycles. The van der Waals surface area contributed by atoms with Crippen molar-refractivity contribution in [3.63, 3.8) is 0 Å². The lowest BCUT2D eigenvalue weighted by Gasteiger charge is -2.17. The van der Waals surface area contributed by atoms with Crippen molar-refractivity contribution >= 4 is 11.6 Å². The Balaban J connectivity index is 2.68. The van der Waals surface area contributed by atoms with Crippen LogP contribution in [-0.4, -0.2) is 44.7 Å². The van der Waals surface area contributed by atoms with Crippen LogP contribution in [0.2, 0.25) is 0 Å². The van der Waals surface area contributed by atoms with Crippen molar-refractivity contribution in [1.82, 2.24) is 4.90 Å². The fourth-order valence-corrected chi connectivity index (χ4v) is 1.72. The van der Waals surface area contributed by atoms with Crippen LogP contribution in [0, 0.1) is 0 Å². The molecular formula is C14H23N3O2. The second kappa shape index (κ2) is 7.89. The van der Waals surface area contributed by atoms with Crippen LogP contribution in [0.5, 0.6) is 0 Å². The predicted molar refractivity (Wildman–Crippen MR) is 76.9 cm³/mol. The smallest absolute Gasteiger partial charge is 0.241 e. The van der Waals surface area contributed by atoms with Crippen molar-refractivity contribution in [2.24, 2.45) is 5.73 Å². The van der Waals surface area contributed by atoms with E-state index in [2.05, 4.69) is 10.2 Å². The third-order valence-electron chi connectivity index (χ3n) is 2.73. The lowest BCUT2D eigenvalue weighted by Crippen LogP contribution is -2.36. The molecule has 3 N–H and O–H groups in total. The molecule has 0 bridgehead atoms. The van der Waals surface area contributed by atoms with Gasteiger partial charge in [-0.1, -0.05) is 18.2 Å². The predicted octanol–water partition coefficient (Wildman–Crippen LogP) is 1.05. The lowest BCUT2D eigenvalue weighted by atomic mass is 10.1. The number of amides is 1. The van der Waals surface area contributed by atoms with Crippen LogP contribution in [-0.2, 0) is 16.1 Å². The molecule has 0 aliphatic rings. The van der Waals surface area contributed by atoms with Gasteiger partial charge in [-0.2, -0.15) is 0 Å². The summed E-state index contributed by atoms with van der Waals surface area (Å²) < 4.78 is 4.92. The molecule has 5 nitrogen and oxygen atoms in total. The SMILES string of the molecule is COCCC(N)C(=O)Nc1ccccc1CN(C)C. The van der Waals surface area contributed by atoms with E-state index in [1.54, 1.807) is 7.11 Å². The number of anilines is 1. The van der Waals surface area contributed by atoms with E-state index < -0.39 is 6.04 Å². The fraction of sp³-hybridized carbons (Fsp3) is 0.500.